The zero-order valence-electron chi connectivity index (χ0n) is 10.1. The van der Waals surface area contributed by atoms with Crippen molar-refractivity contribution in [2.75, 3.05) is 19.0 Å². The molecule has 0 atom stereocenters. The molecule has 0 saturated carbocycles. The van der Waals surface area contributed by atoms with Crippen LogP contribution in [0.3, 0.4) is 0 Å². The van der Waals surface area contributed by atoms with Crippen molar-refractivity contribution < 1.29 is 0 Å². The molecule has 2 rings (SSSR count). The molecule has 0 N–H and O–H groups in total. The highest BCUT2D eigenvalue weighted by atomic mass is 15.1. The summed E-state index contributed by atoms with van der Waals surface area (Å²) in [5, 5.41) is 0. The third-order valence-corrected chi connectivity index (χ3v) is 2.77. The predicted octanol–water partition coefficient (Wildman–Crippen LogP) is 3.73. The van der Waals surface area contributed by atoms with Crippen molar-refractivity contribution in [3.05, 3.63) is 54.1 Å². The first kappa shape index (κ1) is 10.7. The number of hydrogen-bond donors (Lipinski definition) is 0. The van der Waals surface area contributed by atoms with E-state index in [2.05, 4.69) is 74.4 Å². The molecule has 0 aliphatic rings. The van der Waals surface area contributed by atoms with Gasteiger partial charge in [-0.05, 0) is 30.2 Å². The average Bonchev–Trinajstić information content (AvgIpc) is 2.30. The molecule has 2 aromatic carbocycles. The summed E-state index contributed by atoms with van der Waals surface area (Å²) < 4.78 is 0. The Morgan fingerprint density at radius 2 is 1.12 bits per heavy atom. The zero-order valence-corrected chi connectivity index (χ0v) is 10.1. The van der Waals surface area contributed by atoms with E-state index in [0.717, 1.165) is 0 Å². The minimum absolute atomic E-state index is 1.23. The Hall–Kier alpha value is -1.76. The first-order valence-electron chi connectivity index (χ1n) is 5.51. The fraction of sp³-hybridized carbons (Fsp3) is 0.200. The standard InChI is InChI=1S/C15H17N/c1-12-4-6-13(7-5-12)14-8-10-15(11-9-14)16(2)3/h4-11H,1-3H3. The summed E-state index contributed by atoms with van der Waals surface area (Å²) >= 11 is 0. The maximum Gasteiger partial charge on any atom is 0.0361 e. The third kappa shape index (κ3) is 2.25. The molecule has 0 saturated heterocycles. The molecule has 82 valence electrons. The lowest BCUT2D eigenvalue weighted by atomic mass is 10.0. The topological polar surface area (TPSA) is 3.24 Å². The summed E-state index contributed by atoms with van der Waals surface area (Å²) in [5.41, 5.74) is 5.08. The van der Waals surface area contributed by atoms with Gasteiger partial charge in [0.05, 0.1) is 0 Å². The van der Waals surface area contributed by atoms with Gasteiger partial charge in [-0.2, -0.15) is 0 Å². The van der Waals surface area contributed by atoms with Crippen LogP contribution in [-0.2, 0) is 0 Å². The van der Waals surface area contributed by atoms with Crippen LogP contribution in [0.5, 0.6) is 0 Å². The van der Waals surface area contributed by atoms with Crippen molar-refractivity contribution in [1.29, 1.82) is 0 Å². The summed E-state index contributed by atoms with van der Waals surface area (Å²) in [4.78, 5) is 2.11. The van der Waals surface area contributed by atoms with Gasteiger partial charge < -0.3 is 4.90 Å². The Balaban J connectivity index is 2.31. The molecule has 0 aliphatic carbocycles. The third-order valence-electron chi connectivity index (χ3n) is 2.77. The minimum atomic E-state index is 1.23. The number of benzene rings is 2. The Labute approximate surface area is 97.3 Å². The fourth-order valence-corrected chi connectivity index (χ4v) is 1.70. The van der Waals surface area contributed by atoms with Crippen LogP contribution in [0, 0.1) is 6.92 Å². The minimum Gasteiger partial charge on any atom is -0.378 e. The molecular weight excluding hydrogens is 194 g/mol. The van der Waals surface area contributed by atoms with E-state index in [1.807, 2.05) is 0 Å². The second-order valence-electron chi connectivity index (χ2n) is 4.31. The van der Waals surface area contributed by atoms with Gasteiger partial charge in [0.15, 0.2) is 0 Å². The largest absolute Gasteiger partial charge is 0.378 e. The lowest BCUT2D eigenvalue weighted by molar-refractivity contribution is 1.13. The normalized spacial score (nSPS) is 10.2. The highest BCUT2D eigenvalue weighted by Crippen LogP contribution is 2.22. The molecule has 0 unspecified atom stereocenters. The smallest absolute Gasteiger partial charge is 0.0361 e. The van der Waals surface area contributed by atoms with Crippen LogP contribution in [0.1, 0.15) is 5.56 Å². The van der Waals surface area contributed by atoms with Gasteiger partial charge >= 0.3 is 0 Å². The van der Waals surface area contributed by atoms with Crippen LogP contribution < -0.4 is 4.90 Å². The van der Waals surface area contributed by atoms with Crippen molar-refractivity contribution in [2.45, 2.75) is 6.92 Å². The van der Waals surface area contributed by atoms with E-state index in [1.54, 1.807) is 0 Å². The summed E-state index contributed by atoms with van der Waals surface area (Å²) in [6.45, 7) is 2.11. The van der Waals surface area contributed by atoms with Gasteiger partial charge in [-0.25, -0.2) is 0 Å². The van der Waals surface area contributed by atoms with Crippen molar-refractivity contribution in [3.8, 4) is 11.1 Å². The SMILES string of the molecule is Cc1ccc(-c2ccc(N(C)C)cc2)cc1. The molecule has 16 heavy (non-hydrogen) atoms. The highest BCUT2D eigenvalue weighted by molar-refractivity contribution is 5.66. The fourth-order valence-electron chi connectivity index (χ4n) is 1.70. The molecule has 0 radical (unpaired) electrons. The Kier molecular flexibility index (Phi) is 2.95. The van der Waals surface area contributed by atoms with Gasteiger partial charge in [0.2, 0.25) is 0 Å². The van der Waals surface area contributed by atoms with Crippen LogP contribution >= 0.6 is 0 Å². The summed E-state index contributed by atoms with van der Waals surface area (Å²) in [6, 6.07) is 17.3. The maximum atomic E-state index is 2.17. The first-order valence-corrected chi connectivity index (χ1v) is 5.51. The first-order chi connectivity index (χ1) is 7.66. The molecule has 1 heteroatoms. The van der Waals surface area contributed by atoms with Gasteiger partial charge in [-0.1, -0.05) is 42.0 Å². The van der Waals surface area contributed by atoms with Gasteiger partial charge in [-0.15, -0.1) is 0 Å². The molecule has 2 aromatic rings. The monoisotopic (exact) mass is 211 g/mol. The van der Waals surface area contributed by atoms with Crippen LogP contribution in [0.15, 0.2) is 48.5 Å². The van der Waals surface area contributed by atoms with E-state index in [0.29, 0.717) is 0 Å². The molecule has 0 fully saturated rings. The molecule has 0 heterocycles. The van der Waals surface area contributed by atoms with Crippen LogP contribution in [0.4, 0.5) is 5.69 Å². The van der Waals surface area contributed by atoms with Gasteiger partial charge in [0.25, 0.3) is 0 Å². The molecule has 0 aromatic heterocycles. The second kappa shape index (κ2) is 4.40. The maximum absolute atomic E-state index is 2.17. The Bertz CT molecular complexity index is 452. The summed E-state index contributed by atoms with van der Waals surface area (Å²) in [5.74, 6) is 0. The summed E-state index contributed by atoms with van der Waals surface area (Å²) in [7, 11) is 4.11. The Morgan fingerprint density at radius 1 is 0.688 bits per heavy atom. The van der Waals surface area contributed by atoms with Crippen LogP contribution in [0.2, 0.25) is 0 Å². The lowest BCUT2D eigenvalue weighted by Crippen LogP contribution is -2.07. The van der Waals surface area contributed by atoms with E-state index in [4.69, 9.17) is 0 Å². The molecule has 0 bridgehead atoms. The van der Waals surface area contributed by atoms with Gasteiger partial charge in [-0.3, -0.25) is 0 Å². The van der Waals surface area contributed by atoms with Crippen LogP contribution in [-0.4, -0.2) is 14.1 Å². The number of anilines is 1. The van der Waals surface area contributed by atoms with E-state index >= 15 is 0 Å². The van der Waals surface area contributed by atoms with Crippen molar-refractivity contribution in [1.82, 2.24) is 0 Å². The van der Waals surface area contributed by atoms with Crippen molar-refractivity contribution >= 4 is 5.69 Å². The van der Waals surface area contributed by atoms with E-state index in [1.165, 1.54) is 22.4 Å². The molecule has 1 nitrogen and oxygen atoms in total. The average molecular weight is 211 g/mol. The molecule has 0 aliphatic heterocycles. The highest BCUT2D eigenvalue weighted by Gasteiger charge is 1.98. The number of hydrogen-bond acceptors (Lipinski definition) is 1. The molecule has 0 amide bonds. The molecular formula is C15H17N. The number of rotatable bonds is 2. The lowest BCUT2D eigenvalue weighted by Gasteiger charge is -2.12. The Morgan fingerprint density at radius 3 is 1.56 bits per heavy atom. The van der Waals surface area contributed by atoms with E-state index in [-0.39, 0.29) is 0 Å². The number of aryl methyl sites for hydroxylation is 1. The van der Waals surface area contributed by atoms with E-state index < -0.39 is 0 Å². The van der Waals surface area contributed by atoms with Gasteiger partial charge in [0.1, 0.15) is 0 Å². The van der Waals surface area contributed by atoms with Gasteiger partial charge in [0, 0.05) is 19.8 Å². The zero-order chi connectivity index (χ0) is 11.5. The quantitative estimate of drug-likeness (QED) is 0.731. The van der Waals surface area contributed by atoms with Crippen molar-refractivity contribution in [2.24, 2.45) is 0 Å². The molecule has 0 spiro atoms. The number of nitrogens with zero attached hydrogens (tertiary/aromatic N) is 1. The van der Waals surface area contributed by atoms with Crippen molar-refractivity contribution in [3.63, 3.8) is 0 Å². The second-order valence-corrected chi connectivity index (χ2v) is 4.31. The summed E-state index contributed by atoms with van der Waals surface area (Å²) in [6.07, 6.45) is 0. The van der Waals surface area contributed by atoms with E-state index in [9.17, 15) is 0 Å². The predicted molar refractivity (Wildman–Crippen MR) is 70.9 cm³/mol. The van der Waals surface area contributed by atoms with Crippen LogP contribution in [0.25, 0.3) is 11.1 Å².